The molecule has 0 bridgehead atoms. The van der Waals surface area contributed by atoms with Gasteiger partial charge in [-0.25, -0.2) is 0 Å². The zero-order valence-electron chi connectivity index (χ0n) is 12.0. The van der Waals surface area contributed by atoms with Crippen LogP contribution < -0.4 is 0 Å². The second-order valence-electron chi connectivity index (χ2n) is 5.33. The zero-order chi connectivity index (χ0) is 13.7. The molecule has 0 saturated carbocycles. The maximum Gasteiger partial charge on any atom is 0.0716 e. The first-order valence-corrected chi connectivity index (χ1v) is 6.87. The van der Waals surface area contributed by atoms with Crippen LogP contribution in [0.25, 0.3) is 0 Å². The van der Waals surface area contributed by atoms with Crippen LogP contribution in [0.1, 0.15) is 37.5 Å². The molecule has 0 atom stereocenters. The van der Waals surface area contributed by atoms with E-state index < -0.39 is 0 Å². The molecule has 0 heterocycles. The maximum absolute atomic E-state index is 5.49. The molecule has 2 aromatic rings. The number of ether oxygens (including phenoxy) is 1. The van der Waals surface area contributed by atoms with E-state index in [4.69, 9.17) is 4.74 Å². The van der Waals surface area contributed by atoms with E-state index in [2.05, 4.69) is 68.4 Å². The topological polar surface area (TPSA) is 9.23 Å². The van der Waals surface area contributed by atoms with Crippen LogP contribution in [0, 0.1) is 0 Å². The summed E-state index contributed by atoms with van der Waals surface area (Å²) in [7, 11) is 0. The van der Waals surface area contributed by atoms with Crippen LogP contribution in [0.5, 0.6) is 0 Å². The Kier molecular flexibility index (Phi) is 4.39. The summed E-state index contributed by atoms with van der Waals surface area (Å²) in [5.41, 5.74) is 3.92. The van der Waals surface area contributed by atoms with Crippen molar-refractivity contribution >= 4 is 0 Å². The van der Waals surface area contributed by atoms with Crippen LogP contribution in [0.3, 0.4) is 0 Å². The SMILES string of the molecule is CCOCc1cccc(C(C)(C)c2ccccc2)c1. The van der Waals surface area contributed by atoms with Crippen LogP contribution in [-0.2, 0) is 16.8 Å². The summed E-state index contributed by atoms with van der Waals surface area (Å²) in [5, 5.41) is 0. The molecule has 2 rings (SSSR count). The van der Waals surface area contributed by atoms with Gasteiger partial charge in [-0.3, -0.25) is 0 Å². The van der Waals surface area contributed by atoms with Crippen molar-refractivity contribution in [3.63, 3.8) is 0 Å². The Balaban J connectivity index is 2.30. The molecule has 1 heteroatoms. The van der Waals surface area contributed by atoms with Gasteiger partial charge >= 0.3 is 0 Å². The standard InChI is InChI=1S/C18H22O/c1-4-19-14-15-9-8-12-17(13-15)18(2,3)16-10-6-5-7-11-16/h5-13H,4,14H2,1-3H3. The smallest absolute Gasteiger partial charge is 0.0716 e. The van der Waals surface area contributed by atoms with E-state index in [1.54, 1.807) is 0 Å². The Bertz CT molecular complexity index is 514. The minimum Gasteiger partial charge on any atom is -0.377 e. The minimum absolute atomic E-state index is 0.0173. The van der Waals surface area contributed by atoms with Gasteiger partial charge in [-0.1, -0.05) is 68.4 Å². The molecule has 0 amide bonds. The van der Waals surface area contributed by atoms with Crippen molar-refractivity contribution in [3.8, 4) is 0 Å². The van der Waals surface area contributed by atoms with Gasteiger partial charge in [0, 0.05) is 12.0 Å². The van der Waals surface area contributed by atoms with Gasteiger partial charge < -0.3 is 4.74 Å². The van der Waals surface area contributed by atoms with E-state index in [1.165, 1.54) is 16.7 Å². The van der Waals surface area contributed by atoms with Gasteiger partial charge in [0.15, 0.2) is 0 Å². The van der Waals surface area contributed by atoms with E-state index in [1.807, 2.05) is 6.92 Å². The summed E-state index contributed by atoms with van der Waals surface area (Å²) < 4.78 is 5.49. The highest BCUT2D eigenvalue weighted by molar-refractivity contribution is 5.39. The maximum atomic E-state index is 5.49. The Labute approximate surface area is 116 Å². The molecule has 19 heavy (non-hydrogen) atoms. The average molecular weight is 254 g/mol. The van der Waals surface area contributed by atoms with Crippen LogP contribution in [0.2, 0.25) is 0 Å². The molecule has 0 N–H and O–H groups in total. The summed E-state index contributed by atoms with van der Waals surface area (Å²) in [6.07, 6.45) is 0. The highest BCUT2D eigenvalue weighted by atomic mass is 16.5. The van der Waals surface area contributed by atoms with E-state index in [0.717, 1.165) is 6.61 Å². The fourth-order valence-corrected chi connectivity index (χ4v) is 2.29. The first-order valence-electron chi connectivity index (χ1n) is 6.87. The normalized spacial score (nSPS) is 11.5. The van der Waals surface area contributed by atoms with Gasteiger partial charge in [0.25, 0.3) is 0 Å². The third-order valence-corrected chi connectivity index (χ3v) is 3.62. The molecule has 0 aliphatic heterocycles. The van der Waals surface area contributed by atoms with Gasteiger partial charge in [0.2, 0.25) is 0 Å². The van der Waals surface area contributed by atoms with Gasteiger partial charge in [-0.15, -0.1) is 0 Å². The molecule has 0 radical (unpaired) electrons. The number of benzene rings is 2. The monoisotopic (exact) mass is 254 g/mol. The van der Waals surface area contributed by atoms with E-state index in [9.17, 15) is 0 Å². The molecule has 2 aromatic carbocycles. The molecule has 0 aliphatic carbocycles. The molecule has 100 valence electrons. The molecular formula is C18H22O. The van der Waals surface area contributed by atoms with Gasteiger partial charge in [0.05, 0.1) is 6.61 Å². The summed E-state index contributed by atoms with van der Waals surface area (Å²) >= 11 is 0. The van der Waals surface area contributed by atoms with Crippen LogP contribution in [0.15, 0.2) is 54.6 Å². The van der Waals surface area contributed by atoms with Crippen molar-refractivity contribution in [2.45, 2.75) is 32.8 Å². The second kappa shape index (κ2) is 6.03. The summed E-state index contributed by atoms with van der Waals surface area (Å²) in [6, 6.07) is 19.3. The lowest BCUT2D eigenvalue weighted by Gasteiger charge is -2.26. The lowest BCUT2D eigenvalue weighted by Crippen LogP contribution is -2.19. The largest absolute Gasteiger partial charge is 0.377 e. The first kappa shape index (κ1) is 13.8. The molecule has 0 unspecified atom stereocenters. The lowest BCUT2D eigenvalue weighted by atomic mass is 9.78. The fraction of sp³-hybridized carbons (Fsp3) is 0.333. The van der Waals surface area contributed by atoms with Crippen molar-refractivity contribution in [1.29, 1.82) is 0 Å². The molecule has 1 nitrogen and oxygen atoms in total. The molecule has 0 aromatic heterocycles. The number of hydrogen-bond donors (Lipinski definition) is 0. The van der Waals surface area contributed by atoms with Crippen molar-refractivity contribution in [1.82, 2.24) is 0 Å². The number of rotatable bonds is 5. The Morgan fingerprint density at radius 1 is 0.895 bits per heavy atom. The fourth-order valence-electron chi connectivity index (χ4n) is 2.29. The third kappa shape index (κ3) is 3.24. The third-order valence-electron chi connectivity index (χ3n) is 3.62. The Hall–Kier alpha value is -1.60. The molecule has 0 saturated heterocycles. The van der Waals surface area contributed by atoms with Crippen LogP contribution >= 0.6 is 0 Å². The quantitative estimate of drug-likeness (QED) is 0.760. The molecular weight excluding hydrogens is 232 g/mol. The van der Waals surface area contributed by atoms with Crippen molar-refractivity contribution in [2.75, 3.05) is 6.61 Å². The average Bonchev–Trinajstić information content (AvgIpc) is 2.46. The van der Waals surface area contributed by atoms with E-state index >= 15 is 0 Å². The predicted molar refractivity (Wildman–Crippen MR) is 80.3 cm³/mol. The number of hydrogen-bond acceptors (Lipinski definition) is 1. The van der Waals surface area contributed by atoms with Crippen molar-refractivity contribution < 1.29 is 4.74 Å². The summed E-state index contributed by atoms with van der Waals surface area (Å²) in [5.74, 6) is 0. The highest BCUT2D eigenvalue weighted by Crippen LogP contribution is 2.31. The van der Waals surface area contributed by atoms with E-state index in [-0.39, 0.29) is 5.41 Å². The second-order valence-corrected chi connectivity index (χ2v) is 5.33. The van der Waals surface area contributed by atoms with Gasteiger partial charge in [-0.2, -0.15) is 0 Å². The summed E-state index contributed by atoms with van der Waals surface area (Å²) in [6.45, 7) is 8.00. The zero-order valence-corrected chi connectivity index (χ0v) is 12.0. The molecule has 0 aliphatic rings. The van der Waals surface area contributed by atoms with Crippen molar-refractivity contribution in [3.05, 3.63) is 71.3 Å². The van der Waals surface area contributed by atoms with Crippen LogP contribution in [0.4, 0.5) is 0 Å². The minimum atomic E-state index is 0.0173. The highest BCUT2D eigenvalue weighted by Gasteiger charge is 2.22. The first-order chi connectivity index (χ1) is 9.14. The predicted octanol–water partition coefficient (Wildman–Crippen LogP) is 4.55. The molecule has 0 spiro atoms. The van der Waals surface area contributed by atoms with Crippen LogP contribution in [-0.4, -0.2) is 6.61 Å². The molecule has 0 fully saturated rings. The lowest BCUT2D eigenvalue weighted by molar-refractivity contribution is 0.134. The van der Waals surface area contributed by atoms with Gasteiger partial charge in [-0.05, 0) is 23.6 Å². The van der Waals surface area contributed by atoms with E-state index in [0.29, 0.717) is 6.61 Å². The van der Waals surface area contributed by atoms with Crippen molar-refractivity contribution in [2.24, 2.45) is 0 Å². The Morgan fingerprint density at radius 2 is 1.58 bits per heavy atom. The summed E-state index contributed by atoms with van der Waals surface area (Å²) in [4.78, 5) is 0. The Morgan fingerprint density at radius 3 is 2.26 bits per heavy atom. The van der Waals surface area contributed by atoms with Gasteiger partial charge in [0.1, 0.15) is 0 Å².